The van der Waals surface area contributed by atoms with E-state index in [1.54, 1.807) is 7.11 Å². The third-order valence-electron chi connectivity index (χ3n) is 2.76. The van der Waals surface area contributed by atoms with Gasteiger partial charge in [-0.3, -0.25) is 0 Å². The molecule has 1 saturated heterocycles. The van der Waals surface area contributed by atoms with Crippen molar-refractivity contribution in [1.29, 1.82) is 0 Å². The van der Waals surface area contributed by atoms with Crippen LogP contribution in [0.2, 0.25) is 0 Å². The number of azide groups is 1. The molecule has 1 rings (SSSR count). The van der Waals surface area contributed by atoms with Crippen LogP contribution in [0, 0.1) is 0 Å². The van der Waals surface area contributed by atoms with E-state index in [0.717, 1.165) is 25.7 Å². The van der Waals surface area contributed by atoms with Crippen molar-refractivity contribution in [3.63, 3.8) is 0 Å². The molecular formula is C11H19N3O2. The molecule has 0 amide bonds. The molecule has 1 heterocycles. The van der Waals surface area contributed by atoms with Crippen LogP contribution in [-0.2, 0) is 9.47 Å². The highest BCUT2D eigenvalue weighted by atomic mass is 16.7. The smallest absolute Gasteiger partial charge is 0.157 e. The monoisotopic (exact) mass is 225 g/mol. The van der Waals surface area contributed by atoms with Gasteiger partial charge in [0, 0.05) is 24.5 Å². The van der Waals surface area contributed by atoms with E-state index in [1.807, 2.05) is 6.08 Å². The molecule has 0 saturated carbocycles. The maximum Gasteiger partial charge on any atom is 0.157 e. The van der Waals surface area contributed by atoms with Gasteiger partial charge in [-0.25, -0.2) is 0 Å². The van der Waals surface area contributed by atoms with E-state index in [2.05, 4.69) is 16.6 Å². The van der Waals surface area contributed by atoms with Gasteiger partial charge >= 0.3 is 0 Å². The SMILES string of the molecule is C=CCCC[C@@H]1C[C@@H](N=[N+]=[N-])C[C@H](OC)O1. The number of methoxy groups -OCH3 is 1. The van der Waals surface area contributed by atoms with Gasteiger partial charge in [0.15, 0.2) is 6.29 Å². The molecule has 0 spiro atoms. The first-order valence-electron chi connectivity index (χ1n) is 5.63. The van der Waals surface area contributed by atoms with Crippen LogP contribution in [-0.4, -0.2) is 25.5 Å². The number of hydrogen-bond acceptors (Lipinski definition) is 3. The number of ether oxygens (including phenoxy) is 2. The van der Waals surface area contributed by atoms with E-state index >= 15 is 0 Å². The van der Waals surface area contributed by atoms with Gasteiger partial charge in [-0.2, -0.15) is 0 Å². The summed E-state index contributed by atoms with van der Waals surface area (Å²) >= 11 is 0. The fraction of sp³-hybridized carbons (Fsp3) is 0.818. The van der Waals surface area contributed by atoms with Crippen molar-refractivity contribution in [2.75, 3.05) is 7.11 Å². The second kappa shape index (κ2) is 7.28. The topological polar surface area (TPSA) is 67.2 Å². The summed E-state index contributed by atoms with van der Waals surface area (Å²) in [6, 6.07) is -0.00238. The molecule has 5 heteroatoms. The molecule has 0 radical (unpaired) electrons. The summed E-state index contributed by atoms with van der Waals surface area (Å²) in [5.74, 6) is 0. The Kier molecular flexibility index (Phi) is 5.93. The van der Waals surface area contributed by atoms with Gasteiger partial charge in [-0.15, -0.1) is 6.58 Å². The highest BCUT2D eigenvalue weighted by Crippen LogP contribution is 2.25. The minimum atomic E-state index is -0.238. The maximum absolute atomic E-state index is 8.44. The first kappa shape index (κ1) is 13.0. The van der Waals surface area contributed by atoms with Crippen LogP contribution in [0.4, 0.5) is 0 Å². The average molecular weight is 225 g/mol. The van der Waals surface area contributed by atoms with Gasteiger partial charge in [0.2, 0.25) is 0 Å². The van der Waals surface area contributed by atoms with E-state index in [-0.39, 0.29) is 18.4 Å². The lowest BCUT2D eigenvalue weighted by Gasteiger charge is -2.32. The van der Waals surface area contributed by atoms with Crippen LogP contribution in [0.25, 0.3) is 10.4 Å². The van der Waals surface area contributed by atoms with E-state index in [1.165, 1.54) is 0 Å². The van der Waals surface area contributed by atoms with Crippen LogP contribution < -0.4 is 0 Å². The summed E-state index contributed by atoms with van der Waals surface area (Å²) in [6.45, 7) is 3.69. The summed E-state index contributed by atoms with van der Waals surface area (Å²) in [6.07, 6.45) is 6.24. The van der Waals surface area contributed by atoms with E-state index in [4.69, 9.17) is 15.0 Å². The summed E-state index contributed by atoms with van der Waals surface area (Å²) in [7, 11) is 1.62. The Balaban J connectivity index is 2.43. The van der Waals surface area contributed by atoms with Crippen LogP contribution in [0.15, 0.2) is 17.8 Å². The van der Waals surface area contributed by atoms with Gasteiger partial charge < -0.3 is 9.47 Å². The summed E-state index contributed by atoms with van der Waals surface area (Å²) in [4.78, 5) is 2.86. The zero-order valence-corrected chi connectivity index (χ0v) is 9.71. The van der Waals surface area contributed by atoms with Crippen molar-refractivity contribution in [2.24, 2.45) is 5.11 Å². The Morgan fingerprint density at radius 3 is 3.06 bits per heavy atom. The average Bonchev–Trinajstić information content (AvgIpc) is 2.29. The lowest BCUT2D eigenvalue weighted by Crippen LogP contribution is -2.35. The van der Waals surface area contributed by atoms with E-state index in [0.29, 0.717) is 6.42 Å². The molecule has 1 aliphatic rings. The predicted octanol–water partition coefficient (Wildman–Crippen LogP) is 3.17. The molecule has 0 aliphatic carbocycles. The van der Waals surface area contributed by atoms with Crippen molar-refractivity contribution in [3.8, 4) is 0 Å². The van der Waals surface area contributed by atoms with Crippen LogP contribution in [0.3, 0.4) is 0 Å². The molecule has 1 fully saturated rings. The fourth-order valence-corrected chi connectivity index (χ4v) is 1.94. The van der Waals surface area contributed by atoms with Crippen molar-refractivity contribution < 1.29 is 9.47 Å². The van der Waals surface area contributed by atoms with Crippen molar-refractivity contribution in [3.05, 3.63) is 23.1 Å². The summed E-state index contributed by atoms with van der Waals surface area (Å²) < 4.78 is 10.9. The minimum absolute atomic E-state index is 0.00238. The molecule has 0 N–H and O–H groups in total. The molecule has 0 aromatic heterocycles. The van der Waals surface area contributed by atoms with Gasteiger partial charge in [0.1, 0.15) is 0 Å². The summed E-state index contributed by atoms with van der Waals surface area (Å²) in [5, 5.41) is 3.76. The van der Waals surface area contributed by atoms with Crippen LogP contribution in [0.1, 0.15) is 32.1 Å². The second-order valence-electron chi connectivity index (χ2n) is 3.97. The van der Waals surface area contributed by atoms with Crippen LogP contribution in [0.5, 0.6) is 0 Å². The maximum atomic E-state index is 8.44. The molecule has 0 bridgehead atoms. The third kappa shape index (κ3) is 4.23. The number of allylic oxidation sites excluding steroid dienone is 1. The second-order valence-corrected chi connectivity index (χ2v) is 3.97. The Morgan fingerprint density at radius 2 is 2.44 bits per heavy atom. The predicted molar refractivity (Wildman–Crippen MR) is 61.9 cm³/mol. The van der Waals surface area contributed by atoms with Crippen LogP contribution >= 0.6 is 0 Å². The van der Waals surface area contributed by atoms with Gasteiger partial charge in [0.25, 0.3) is 0 Å². The fourth-order valence-electron chi connectivity index (χ4n) is 1.94. The number of hydrogen-bond donors (Lipinski definition) is 0. The van der Waals surface area contributed by atoms with E-state index < -0.39 is 0 Å². The highest BCUT2D eigenvalue weighted by Gasteiger charge is 2.28. The number of unbranched alkanes of at least 4 members (excludes halogenated alkanes) is 1. The third-order valence-corrected chi connectivity index (χ3v) is 2.76. The molecule has 90 valence electrons. The largest absolute Gasteiger partial charge is 0.356 e. The Bertz CT molecular complexity index is 264. The standard InChI is InChI=1S/C11H19N3O2/c1-3-4-5-6-10-7-9(13-14-12)8-11(15-2)16-10/h3,9-11H,1,4-8H2,2H3/t9-,10-,11-/m1/s1. The molecule has 3 atom stereocenters. The minimum Gasteiger partial charge on any atom is -0.356 e. The first-order valence-corrected chi connectivity index (χ1v) is 5.63. The lowest BCUT2D eigenvalue weighted by atomic mass is 9.99. The van der Waals surface area contributed by atoms with E-state index in [9.17, 15) is 0 Å². The Morgan fingerprint density at radius 1 is 1.62 bits per heavy atom. The molecular weight excluding hydrogens is 206 g/mol. The molecule has 0 unspecified atom stereocenters. The van der Waals surface area contributed by atoms with Crippen molar-refractivity contribution >= 4 is 0 Å². The Labute approximate surface area is 96.1 Å². The lowest BCUT2D eigenvalue weighted by molar-refractivity contribution is -0.185. The molecule has 1 aliphatic heterocycles. The van der Waals surface area contributed by atoms with Crippen molar-refractivity contribution in [1.82, 2.24) is 0 Å². The zero-order valence-electron chi connectivity index (χ0n) is 9.71. The van der Waals surface area contributed by atoms with Crippen molar-refractivity contribution in [2.45, 2.75) is 50.5 Å². The quantitative estimate of drug-likeness (QED) is 0.229. The molecule has 16 heavy (non-hydrogen) atoms. The number of nitrogens with zero attached hydrogens (tertiary/aromatic N) is 3. The van der Waals surface area contributed by atoms with Gasteiger partial charge in [0.05, 0.1) is 6.10 Å². The normalized spacial score (nSPS) is 29.4. The van der Waals surface area contributed by atoms with Gasteiger partial charge in [-0.1, -0.05) is 11.2 Å². The summed E-state index contributed by atoms with van der Waals surface area (Å²) in [5.41, 5.74) is 8.44. The molecule has 0 aromatic rings. The first-order chi connectivity index (χ1) is 7.80. The molecule has 0 aromatic carbocycles. The van der Waals surface area contributed by atoms with Gasteiger partial charge in [-0.05, 0) is 31.2 Å². The number of rotatable bonds is 6. The zero-order chi connectivity index (χ0) is 11.8. The molecule has 5 nitrogen and oxygen atoms in total. The highest BCUT2D eigenvalue weighted by molar-refractivity contribution is 4.80. The Hall–Kier alpha value is -1.03.